The molecule has 90 valence electrons. The van der Waals surface area contributed by atoms with E-state index in [2.05, 4.69) is 12.1 Å². The van der Waals surface area contributed by atoms with Gasteiger partial charge in [0.05, 0.1) is 5.41 Å². The maximum absolute atomic E-state index is 11.1. The number of aromatic nitrogens is 1. The second kappa shape index (κ2) is 3.91. The Morgan fingerprint density at radius 2 is 2.06 bits per heavy atom. The maximum Gasteiger partial charge on any atom is 0.309 e. The molecule has 0 aliphatic carbocycles. The van der Waals surface area contributed by atoms with E-state index in [1.54, 1.807) is 13.8 Å². The van der Waals surface area contributed by atoms with E-state index in [0.717, 1.165) is 11.1 Å². The molecule has 0 saturated heterocycles. The molecule has 0 spiro atoms. The molecule has 3 heteroatoms. The van der Waals surface area contributed by atoms with Crippen molar-refractivity contribution in [2.75, 3.05) is 0 Å². The average Bonchev–Trinajstić information content (AvgIpc) is 2.60. The molecular weight excluding hydrogens is 214 g/mol. The Labute approximate surface area is 101 Å². The third kappa shape index (κ3) is 2.18. The lowest BCUT2D eigenvalue weighted by molar-refractivity contribution is -0.146. The minimum absolute atomic E-state index is 0.545. The molecule has 0 aliphatic heterocycles. The van der Waals surface area contributed by atoms with Gasteiger partial charge in [-0.1, -0.05) is 12.1 Å². The van der Waals surface area contributed by atoms with E-state index >= 15 is 0 Å². The van der Waals surface area contributed by atoms with Gasteiger partial charge in [-0.15, -0.1) is 0 Å². The van der Waals surface area contributed by atoms with Gasteiger partial charge in [-0.3, -0.25) is 4.79 Å². The smallest absolute Gasteiger partial charge is 0.309 e. The van der Waals surface area contributed by atoms with Crippen LogP contribution >= 0.6 is 0 Å². The van der Waals surface area contributed by atoms with Crippen LogP contribution in [0.3, 0.4) is 0 Å². The molecule has 17 heavy (non-hydrogen) atoms. The van der Waals surface area contributed by atoms with Crippen molar-refractivity contribution in [2.24, 2.45) is 12.5 Å². The van der Waals surface area contributed by atoms with Crippen molar-refractivity contribution in [3.8, 4) is 0 Å². The van der Waals surface area contributed by atoms with Crippen molar-refractivity contribution >= 4 is 16.9 Å². The molecule has 0 bridgehead atoms. The van der Waals surface area contributed by atoms with Gasteiger partial charge in [0.2, 0.25) is 0 Å². The van der Waals surface area contributed by atoms with E-state index in [-0.39, 0.29) is 0 Å². The van der Waals surface area contributed by atoms with Crippen LogP contribution in [0.5, 0.6) is 0 Å². The summed E-state index contributed by atoms with van der Waals surface area (Å²) in [6, 6.07) is 8.18. The summed E-state index contributed by atoms with van der Waals surface area (Å²) in [6.45, 7) is 3.51. The SMILES string of the molecule is Cn1ccc2ccc(CC(C)(C)C(=O)O)cc21. The zero-order valence-corrected chi connectivity index (χ0v) is 10.4. The summed E-state index contributed by atoms with van der Waals surface area (Å²) in [5.41, 5.74) is 1.48. The number of hydrogen-bond acceptors (Lipinski definition) is 1. The Morgan fingerprint density at radius 3 is 2.71 bits per heavy atom. The summed E-state index contributed by atoms with van der Waals surface area (Å²) in [7, 11) is 1.99. The monoisotopic (exact) mass is 231 g/mol. The second-order valence-corrected chi connectivity index (χ2v) is 5.19. The number of nitrogens with zero attached hydrogens (tertiary/aromatic N) is 1. The Hall–Kier alpha value is -1.77. The van der Waals surface area contributed by atoms with E-state index < -0.39 is 11.4 Å². The molecule has 0 fully saturated rings. The van der Waals surface area contributed by atoms with Gasteiger partial charge in [-0.2, -0.15) is 0 Å². The van der Waals surface area contributed by atoms with E-state index in [4.69, 9.17) is 5.11 Å². The molecule has 0 radical (unpaired) electrons. The zero-order chi connectivity index (χ0) is 12.6. The number of carbonyl (C=O) groups is 1. The van der Waals surface area contributed by atoms with Gasteiger partial charge in [-0.25, -0.2) is 0 Å². The van der Waals surface area contributed by atoms with Crippen molar-refractivity contribution in [1.29, 1.82) is 0 Å². The van der Waals surface area contributed by atoms with Crippen molar-refractivity contribution in [3.05, 3.63) is 36.0 Å². The van der Waals surface area contributed by atoms with Crippen LogP contribution in [0.15, 0.2) is 30.5 Å². The van der Waals surface area contributed by atoms with Crippen LogP contribution < -0.4 is 0 Å². The van der Waals surface area contributed by atoms with Crippen LogP contribution in [-0.2, 0) is 18.3 Å². The molecule has 0 saturated carbocycles. The van der Waals surface area contributed by atoms with E-state index in [1.165, 1.54) is 5.39 Å². The third-order valence-corrected chi connectivity index (χ3v) is 3.18. The number of benzene rings is 1. The number of aryl methyl sites for hydroxylation is 1. The first kappa shape index (κ1) is 11.7. The summed E-state index contributed by atoms with van der Waals surface area (Å²) in [6.07, 6.45) is 2.56. The highest BCUT2D eigenvalue weighted by atomic mass is 16.4. The minimum atomic E-state index is -0.760. The summed E-state index contributed by atoms with van der Waals surface area (Å²) in [5.74, 6) is -0.760. The highest BCUT2D eigenvalue weighted by Gasteiger charge is 2.27. The number of carboxylic acid groups (broad SMARTS) is 1. The number of carboxylic acids is 1. The first-order valence-corrected chi connectivity index (χ1v) is 5.67. The van der Waals surface area contributed by atoms with Gasteiger partial charge < -0.3 is 9.67 Å². The van der Waals surface area contributed by atoms with Gasteiger partial charge in [0.15, 0.2) is 0 Å². The Bertz CT molecular complexity index is 567. The normalized spacial score (nSPS) is 11.9. The molecule has 2 rings (SSSR count). The summed E-state index contributed by atoms with van der Waals surface area (Å²) in [4.78, 5) is 11.1. The molecule has 0 atom stereocenters. The fourth-order valence-electron chi connectivity index (χ4n) is 2.00. The summed E-state index contributed by atoms with van der Waals surface area (Å²) >= 11 is 0. The average molecular weight is 231 g/mol. The molecule has 3 nitrogen and oxygen atoms in total. The highest BCUT2D eigenvalue weighted by Crippen LogP contribution is 2.24. The Balaban J connectivity index is 2.37. The lowest BCUT2D eigenvalue weighted by atomic mass is 9.86. The van der Waals surface area contributed by atoms with Crippen LogP contribution in [0.4, 0.5) is 0 Å². The first-order chi connectivity index (χ1) is 7.90. The van der Waals surface area contributed by atoms with E-state index in [9.17, 15) is 4.79 Å². The van der Waals surface area contributed by atoms with Crippen molar-refractivity contribution in [1.82, 2.24) is 4.57 Å². The third-order valence-electron chi connectivity index (χ3n) is 3.18. The lowest BCUT2D eigenvalue weighted by Crippen LogP contribution is -2.26. The van der Waals surface area contributed by atoms with Crippen molar-refractivity contribution in [2.45, 2.75) is 20.3 Å². The van der Waals surface area contributed by atoms with Crippen LogP contribution in [0, 0.1) is 5.41 Å². The number of fused-ring (bicyclic) bond motifs is 1. The lowest BCUT2D eigenvalue weighted by Gasteiger charge is -2.19. The fourth-order valence-corrected chi connectivity index (χ4v) is 2.00. The van der Waals surface area contributed by atoms with Crippen LogP contribution in [0.2, 0.25) is 0 Å². The molecule has 1 aromatic heterocycles. The van der Waals surface area contributed by atoms with Crippen LogP contribution in [0.25, 0.3) is 10.9 Å². The predicted molar refractivity (Wildman–Crippen MR) is 68.0 cm³/mol. The quantitative estimate of drug-likeness (QED) is 0.882. The van der Waals surface area contributed by atoms with Gasteiger partial charge in [-0.05, 0) is 43.4 Å². The number of rotatable bonds is 3. The van der Waals surface area contributed by atoms with Gasteiger partial charge in [0.1, 0.15) is 0 Å². The molecule has 1 heterocycles. The molecular formula is C14H17NO2. The highest BCUT2D eigenvalue weighted by molar-refractivity contribution is 5.81. The Kier molecular flexibility index (Phi) is 2.69. The first-order valence-electron chi connectivity index (χ1n) is 5.67. The molecule has 1 aromatic carbocycles. The van der Waals surface area contributed by atoms with Gasteiger partial charge in [0.25, 0.3) is 0 Å². The van der Waals surface area contributed by atoms with Crippen molar-refractivity contribution < 1.29 is 9.90 Å². The summed E-state index contributed by atoms with van der Waals surface area (Å²) < 4.78 is 2.05. The Morgan fingerprint density at radius 1 is 1.35 bits per heavy atom. The standard InChI is InChI=1S/C14H17NO2/c1-14(2,13(16)17)9-10-4-5-11-6-7-15(3)12(11)8-10/h4-8H,9H2,1-3H3,(H,16,17). The van der Waals surface area contributed by atoms with E-state index in [1.807, 2.05) is 29.9 Å². The molecule has 2 aromatic rings. The molecule has 0 amide bonds. The zero-order valence-electron chi connectivity index (χ0n) is 10.4. The second-order valence-electron chi connectivity index (χ2n) is 5.19. The number of hydrogen-bond donors (Lipinski definition) is 1. The maximum atomic E-state index is 11.1. The fraction of sp³-hybridized carbons (Fsp3) is 0.357. The minimum Gasteiger partial charge on any atom is -0.481 e. The molecule has 0 unspecified atom stereocenters. The topological polar surface area (TPSA) is 42.2 Å². The van der Waals surface area contributed by atoms with Crippen LogP contribution in [-0.4, -0.2) is 15.6 Å². The predicted octanol–water partition coefficient (Wildman–Crippen LogP) is 2.83. The molecule has 1 N–H and O–H groups in total. The van der Waals surface area contributed by atoms with Gasteiger partial charge >= 0.3 is 5.97 Å². The van der Waals surface area contributed by atoms with E-state index in [0.29, 0.717) is 6.42 Å². The number of aliphatic carboxylic acids is 1. The van der Waals surface area contributed by atoms with Gasteiger partial charge in [0, 0.05) is 18.8 Å². The van der Waals surface area contributed by atoms with Crippen LogP contribution in [0.1, 0.15) is 19.4 Å². The largest absolute Gasteiger partial charge is 0.481 e. The summed E-state index contributed by atoms with van der Waals surface area (Å²) in [5, 5.41) is 10.3. The molecule has 0 aliphatic rings. The van der Waals surface area contributed by atoms with Crippen molar-refractivity contribution in [3.63, 3.8) is 0 Å².